The molecule has 8 heteroatoms. The zero-order chi connectivity index (χ0) is 11.2. The van der Waals surface area contributed by atoms with Crippen molar-refractivity contribution in [2.75, 3.05) is 0 Å². The molecule has 0 aliphatic rings. The predicted molar refractivity (Wildman–Crippen MR) is 53.5 cm³/mol. The van der Waals surface area contributed by atoms with Crippen molar-refractivity contribution >= 4 is 34.2 Å². The van der Waals surface area contributed by atoms with E-state index in [4.69, 9.17) is 0 Å². The Labute approximate surface area is 83.1 Å². The molecule has 0 aromatic rings. The third-order valence-electron chi connectivity index (χ3n) is 1.04. The zero-order valence-corrected chi connectivity index (χ0v) is 10.7. The second kappa shape index (κ2) is 2.51. The van der Waals surface area contributed by atoms with E-state index in [0.29, 0.717) is 0 Å². The van der Waals surface area contributed by atoms with Crippen LogP contribution in [0, 0.1) is 0 Å². The second-order valence-electron chi connectivity index (χ2n) is 3.74. The van der Waals surface area contributed by atoms with Crippen LogP contribution >= 0.6 is 26.2 Å². The van der Waals surface area contributed by atoms with Gasteiger partial charge in [-0.3, -0.25) is 0 Å². The molecule has 0 saturated carbocycles. The standard InChI is InChI=1S/C5H10BrF5SSi/c1-13(2,3)5(6)4-12(7,8,9,10)11/h4H,1-3H3/b5-4+. The van der Waals surface area contributed by atoms with Crippen molar-refractivity contribution < 1.29 is 19.4 Å². The van der Waals surface area contributed by atoms with Crippen LogP contribution in [0.1, 0.15) is 0 Å². The summed E-state index contributed by atoms with van der Waals surface area (Å²) in [4.78, 5) is 0. The van der Waals surface area contributed by atoms with E-state index in [2.05, 4.69) is 15.9 Å². The molecule has 82 valence electrons. The maximum Gasteiger partial charge on any atom is 0.304 e. The molecule has 0 aromatic heterocycles. The van der Waals surface area contributed by atoms with Gasteiger partial charge in [-0.2, -0.15) is 0 Å². The Morgan fingerprint density at radius 1 is 1.08 bits per heavy atom. The Kier molecular flexibility index (Phi) is 2.60. The molecule has 0 rings (SSSR count). The fraction of sp³-hybridized carbons (Fsp3) is 0.600. The summed E-state index contributed by atoms with van der Waals surface area (Å²) in [6.45, 7) is 4.62. The van der Waals surface area contributed by atoms with Gasteiger partial charge in [-0.15, -0.1) is 0 Å². The Morgan fingerprint density at radius 3 is 1.46 bits per heavy atom. The van der Waals surface area contributed by atoms with Crippen LogP contribution in [0.4, 0.5) is 19.4 Å². The summed E-state index contributed by atoms with van der Waals surface area (Å²) in [5.41, 5.74) is 0. The molecule has 0 aliphatic carbocycles. The first-order valence-corrected chi connectivity index (χ1v) is 9.54. The van der Waals surface area contributed by atoms with Gasteiger partial charge in [-0.1, -0.05) is 55.0 Å². The average Bonchev–Trinajstić information content (AvgIpc) is 1.51. The minimum Gasteiger partial charge on any atom is -0.0942 e. The molecule has 0 spiro atoms. The van der Waals surface area contributed by atoms with E-state index in [1.807, 2.05) is 0 Å². The van der Waals surface area contributed by atoms with E-state index in [9.17, 15) is 19.4 Å². The van der Waals surface area contributed by atoms with Crippen LogP contribution in [0.15, 0.2) is 9.51 Å². The summed E-state index contributed by atoms with van der Waals surface area (Å²) in [6, 6.07) is 0. The molecule has 13 heavy (non-hydrogen) atoms. The van der Waals surface area contributed by atoms with Gasteiger partial charge >= 0.3 is 10.2 Å². The average molecular weight is 305 g/mol. The lowest BCUT2D eigenvalue weighted by Crippen LogP contribution is -2.21. The smallest absolute Gasteiger partial charge is 0.0942 e. The van der Waals surface area contributed by atoms with Crippen LogP contribution in [-0.2, 0) is 0 Å². The van der Waals surface area contributed by atoms with Crippen molar-refractivity contribution in [3.05, 3.63) is 9.51 Å². The molecule has 0 radical (unpaired) electrons. The fourth-order valence-corrected chi connectivity index (χ4v) is 3.91. The molecule has 0 heterocycles. The van der Waals surface area contributed by atoms with E-state index in [1.54, 1.807) is 0 Å². The highest BCUT2D eigenvalue weighted by atomic mass is 79.9. The van der Waals surface area contributed by atoms with E-state index < -0.39 is 27.8 Å². The monoisotopic (exact) mass is 304 g/mol. The van der Waals surface area contributed by atoms with E-state index in [0.717, 1.165) is 0 Å². The molecule has 0 atom stereocenters. The van der Waals surface area contributed by atoms with Gasteiger partial charge in [0.2, 0.25) is 0 Å². The minimum atomic E-state index is -9.40. The number of hydrogen-bond acceptors (Lipinski definition) is 0. The molecule has 0 nitrogen and oxygen atoms in total. The van der Waals surface area contributed by atoms with Gasteiger partial charge < -0.3 is 0 Å². The molecule has 0 bridgehead atoms. The molecule has 0 unspecified atom stereocenters. The van der Waals surface area contributed by atoms with E-state index in [1.165, 1.54) is 19.6 Å². The molecule has 0 amide bonds. The molecular weight excluding hydrogens is 295 g/mol. The van der Waals surface area contributed by atoms with Crippen LogP contribution < -0.4 is 0 Å². The van der Waals surface area contributed by atoms with Crippen LogP contribution in [0.2, 0.25) is 19.6 Å². The Hall–Kier alpha value is 0.437. The predicted octanol–water partition coefficient (Wildman–Crippen LogP) is 5.40. The Balaban J connectivity index is 5.24. The highest BCUT2D eigenvalue weighted by Gasteiger charge is 2.61. The van der Waals surface area contributed by atoms with Crippen molar-refractivity contribution in [3.8, 4) is 0 Å². The van der Waals surface area contributed by atoms with Crippen molar-refractivity contribution in [2.45, 2.75) is 19.6 Å². The van der Waals surface area contributed by atoms with E-state index in [-0.39, 0.29) is 0 Å². The molecule has 0 aromatic carbocycles. The summed E-state index contributed by atoms with van der Waals surface area (Å²) in [5, 5.41) is -0.841. The lowest BCUT2D eigenvalue weighted by atomic mass is 11.2. The molecular formula is C5H10BrF5SSi. The topological polar surface area (TPSA) is 0 Å². The molecule has 0 N–H and O–H groups in total. The van der Waals surface area contributed by atoms with Gasteiger partial charge in [0.15, 0.2) is 0 Å². The number of rotatable bonds is 2. The summed E-state index contributed by atoms with van der Waals surface area (Å²) < 4.78 is 59.1. The van der Waals surface area contributed by atoms with Gasteiger partial charge in [0, 0.05) is 0 Å². The number of halogens is 6. The lowest BCUT2D eigenvalue weighted by Gasteiger charge is -2.38. The van der Waals surface area contributed by atoms with Crippen LogP contribution in [0.25, 0.3) is 0 Å². The van der Waals surface area contributed by atoms with E-state index >= 15 is 0 Å². The zero-order valence-electron chi connectivity index (χ0n) is 7.25. The summed E-state index contributed by atoms with van der Waals surface area (Å²) in [7, 11) is -11.8. The number of hydrogen-bond donors (Lipinski definition) is 0. The maximum absolute atomic E-state index is 11.9. The summed E-state index contributed by atoms with van der Waals surface area (Å²) >= 11 is 2.56. The molecule has 0 fully saturated rings. The quantitative estimate of drug-likeness (QED) is 0.473. The van der Waals surface area contributed by atoms with Crippen molar-refractivity contribution in [2.24, 2.45) is 0 Å². The first-order chi connectivity index (χ1) is 5.10. The van der Waals surface area contributed by atoms with Crippen LogP contribution in [-0.4, -0.2) is 8.07 Å². The largest absolute Gasteiger partial charge is 0.304 e. The Bertz CT molecular complexity index is 246. The summed E-state index contributed by atoms with van der Waals surface area (Å²) in [6.07, 6.45) is 0. The first-order valence-electron chi connectivity index (χ1n) is 3.23. The van der Waals surface area contributed by atoms with Gasteiger partial charge in [0.05, 0.1) is 13.5 Å². The molecule has 0 saturated heterocycles. The van der Waals surface area contributed by atoms with Crippen molar-refractivity contribution in [1.82, 2.24) is 0 Å². The van der Waals surface area contributed by atoms with Gasteiger partial charge in [0.1, 0.15) is 0 Å². The third kappa shape index (κ3) is 7.50. The van der Waals surface area contributed by atoms with Crippen LogP contribution in [0.5, 0.6) is 0 Å². The third-order valence-corrected chi connectivity index (χ3v) is 7.61. The lowest BCUT2D eigenvalue weighted by molar-refractivity contribution is 0.384. The SMILES string of the molecule is C[Si](C)(C)/C(Br)=C/S(F)(F)(F)(F)F. The normalized spacial score (nSPS) is 20.8. The van der Waals surface area contributed by atoms with Gasteiger partial charge in [0.25, 0.3) is 0 Å². The van der Waals surface area contributed by atoms with Gasteiger partial charge in [-0.05, 0) is 4.11 Å². The molecule has 0 aliphatic heterocycles. The fourth-order valence-electron chi connectivity index (χ4n) is 0.372. The van der Waals surface area contributed by atoms with Crippen molar-refractivity contribution in [1.29, 1.82) is 0 Å². The minimum absolute atomic E-state index is 0.417. The van der Waals surface area contributed by atoms with Crippen molar-refractivity contribution in [3.63, 3.8) is 0 Å². The van der Waals surface area contributed by atoms with Crippen LogP contribution in [0.3, 0.4) is 0 Å². The highest BCUT2D eigenvalue weighted by molar-refractivity contribution is 9.12. The van der Waals surface area contributed by atoms with Gasteiger partial charge in [-0.25, -0.2) is 0 Å². The second-order valence-corrected chi connectivity index (χ2v) is 12.7. The Morgan fingerprint density at radius 2 is 1.38 bits per heavy atom. The summed E-state index contributed by atoms with van der Waals surface area (Å²) in [5.74, 6) is 0. The highest BCUT2D eigenvalue weighted by Crippen LogP contribution is 2.99. The maximum atomic E-state index is 11.9. The first kappa shape index (κ1) is 13.4.